The van der Waals surface area contributed by atoms with Crippen LogP contribution >= 0.6 is 15.9 Å². The Kier molecular flexibility index (Phi) is 5.20. The Balaban J connectivity index is 2.10. The van der Waals surface area contributed by atoms with Crippen LogP contribution in [-0.2, 0) is 10.9 Å². The minimum atomic E-state index is -4.34. The van der Waals surface area contributed by atoms with Gasteiger partial charge in [0.05, 0.1) is 11.7 Å². The molecule has 1 saturated heterocycles. The molecule has 1 aromatic rings. The van der Waals surface area contributed by atoms with Gasteiger partial charge in [-0.2, -0.15) is 13.2 Å². The van der Waals surface area contributed by atoms with E-state index in [9.17, 15) is 13.2 Å². The molecule has 2 rings (SSSR count). The number of ether oxygens (including phenoxy) is 1. The molecule has 2 unspecified atom stereocenters. The molecule has 0 aliphatic carbocycles. The van der Waals surface area contributed by atoms with Crippen molar-refractivity contribution in [3.8, 4) is 0 Å². The molecule has 0 radical (unpaired) electrons. The summed E-state index contributed by atoms with van der Waals surface area (Å²) in [5, 5.41) is 3.21. The number of hydrogen-bond donors (Lipinski definition) is 1. The molecule has 118 valence electrons. The second kappa shape index (κ2) is 6.57. The summed E-state index contributed by atoms with van der Waals surface area (Å²) in [4.78, 5) is 0. The van der Waals surface area contributed by atoms with Gasteiger partial charge >= 0.3 is 6.18 Å². The van der Waals surface area contributed by atoms with Crippen molar-refractivity contribution in [3.63, 3.8) is 0 Å². The number of alkyl halides is 3. The Morgan fingerprint density at radius 1 is 1.29 bits per heavy atom. The number of rotatable bonds is 3. The third-order valence-electron chi connectivity index (χ3n) is 3.65. The SMILES string of the molecule is CC(C)C1CC(Nc2cc(Br)cc(C(F)(F)F)c2)CCO1. The van der Waals surface area contributed by atoms with Gasteiger partial charge < -0.3 is 10.1 Å². The summed E-state index contributed by atoms with van der Waals surface area (Å²) in [6.07, 6.45) is -2.57. The molecule has 0 amide bonds. The van der Waals surface area contributed by atoms with Gasteiger partial charge in [0, 0.05) is 22.8 Å². The third kappa shape index (κ3) is 4.61. The molecule has 0 aromatic heterocycles. The quantitative estimate of drug-likeness (QED) is 0.805. The standard InChI is InChI=1S/C15H19BrF3NO/c1-9(2)14-8-12(3-4-21-14)20-13-6-10(15(17,18)19)5-11(16)7-13/h5-7,9,12,14,20H,3-4,8H2,1-2H3. The van der Waals surface area contributed by atoms with Crippen LogP contribution in [0.4, 0.5) is 18.9 Å². The highest BCUT2D eigenvalue weighted by Gasteiger charge is 2.31. The first-order valence-electron chi connectivity index (χ1n) is 7.01. The van der Waals surface area contributed by atoms with Crippen LogP contribution in [0.15, 0.2) is 22.7 Å². The zero-order chi connectivity index (χ0) is 15.6. The van der Waals surface area contributed by atoms with Crippen molar-refractivity contribution in [2.45, 2.75) is 45.0 Å². The van der Waals surface area contributed by atoms with Gasteiger partial charge in [0.25, 0.3) is 0 Å². The molecule has 2 nitrogen and oxygen atoms in total. The maximum Gasteiger partial charge on any atom is 0.416 e. The lowest BCUT2D eigenvalue weighted by Gasteiger charge is -2.33. The second-order valence-corrected chi connectivity index (χ2v) is 6.66. The predicted molar refractivity (Wildman–Crippen MR) is 80.4 cm³/mol. The van der Waals surface area contributed by atoms with E-state index in [4.69, 9.17) is 4.74 Å². The molecule has 0 saturated carbocycles. The molecule has 21 heavy (non-hydrogen) atoms. The minimum absolute atomic E-state index is 0.140. The molecule has 1 fully saturated rings. The smallest absolute Gasteiger partial charge is 0.382 e. The maximum atomic E-state index is 12.8. The molecule has 1 aliphatic heterocycles. The Hall–Kier alpha value is -0.750. The van der Waals surface area contributed by atoms with Crippen LogP contribution in [0.1, 0.15) is 32.3 Å². The Morgan fingerprint density at radius 2 is 2.00 bits per heavy atom. The average molecular weight is 366 g/mol. The average Bonchev–Trinajstić information content (AvgIpc) is 2.37. The molecule has 2 atom stereocenters. The van der Waals surface area contributed by atoms with Gasteiger partial charge in [0.2, 0.25) is 0 Å². The van der Waals surface area contributed by atoms with Gasteiger partial charge in [0.1, 0.15) is 0 Å². The first-order valence-corrected chi connectivity index (χ1v) is 7.81. The molecular formula is C15H19BrF3NO. The van der Waals surface area contributed by atoms with Crippen LogP contribution in [0.5, 0.6) is 0 Å². The summed E-state index contributed by atoms with van der Waals surface area (Å²) in [6.45, 7) is 4.82. The highest BCUT2D eigenvalue weighted by molar-refractivity contribution is 9.10. The lowest BCUT2D eigenvalue weighted by Crippen LogP contribution is -2.36. The minimum Gasteiger partial charge on any atom is -0.382 e. The number of hydrogen-bond acceptors (Lipinski definition) is 2. The summed E-state index contributed by atoms with van der Waals surface area (Å²) in [6, 6.07) is 4.06. The van der Waals surface area contributed by atoms with E-state index in [1.54, 1.807) is 6.07 Å². The topological polar surface area (TPSA) is 21.3 Å². The van der Waals surface area contributed by atoms with E-state index >= 15 is 0 Å². The van der Waals surface area contributed by atoms with Gasteiger partial charge in [-0.3, -0.25) is 0 Å². The zero-order valence-corrected chi connectivity index (χ0v) is 13.6. The Labute approximate surface area is 131 Å². The van der Waals surface area contributed by atoms with Crippen molar-refractivity contribution in [2.75, 3.05) is 11.9 Å². The second-order valence-electron chi connectivity index (χ2n) is 5.75. The van der Waals surface area contributed by atoms with Crippen molar-refractivity contribution in [2.24, 2.45) is 5.92 Å². The van der Waals surface area contributed by atoms with Gasteiger partial charge in [-0.15, -0.1) is 0 Å². The van der Waals surface area contributed by atoms with Crippen molar-refractivity contribution in [1.82, 2.24) is 0 Å². The van der Waals surface area contributed by atoms with E-state index in [-0.39, 0.29) is 12.1 Å². The number of benzene rings is 1. The zero-order valence-electron chi connectivity index (χ0n) is 12.0. The first kappa shape index (κ1) is 16.6. The fraction of sp³-hybridized carbons (Fsp3) is 0.600. The summed E-state index contributed by atoms with van der Waals surface area (Å²) < 4.78 is 44.6. The molecule has 0 spiro atoms. The van der Waals surface area contributed by atoms with E-state index in [0.29, 0.717) is 22.7 Å². The van der Waals surface area contributed by atoms with E-state index in [2.05, 4.69) is 35.1 Å². The largest absolute Gasteiger partial charge is 0.416 e. The van der Waals surface area contributed by atoms with Gasteiger partial charge in [0.15, 0.2) is 0 Å². The van der Waals surface area contributed by atoms with Gasteiger partial charge in [-0.05, 0) is 37.0 Å². The van der Waals surface area contributed by atoms with E-state index in [0.717, 1.165) is 25.0 Å². The Bertz CT molecular complexity index is 490. The summed E-state index contributed by atoms with van der Waals surface area (Å²) in [5.41, 5.74) is -0.155. The summed E-state index contributed by atoms with van der Waals surface area (Å²) in [5.74, 6) is 0.405. The van der Waals surface area contributed by atoms with Crippen molar-refractivity contribution in [3.05, 3.63) is 28.2 Å². The van der Waals surface area contributed by atoms with E-state index in [1.807, 2.05) is 0 Å². The third-order valence-corrected chi connectivity index (χ3v) is 4.11. The molecule has 1 N–H and O–H groups in total. The normalized spacial score (nSPS) is 23.4. The molecular weight excluding hydrogens is 347 g/mol. The molecule has 6 heteroatoms. The maximum absolute atomic E-state index is 12.8. The number of halogens is 4. The summed E-state index contributed by atoms with van der Waals surface area (Å²) >= 11 is 3.14. The van der Waals surface area contributed by atoms with E-state index in [1.165, 1.54) is 0 Å². The Morgan fingerprint density at radius 3 is 2.62 bits per heavy atom. The van der Waals surface area contributed by atoms with Gasteiger partial charge in [-0.1, -0.05) is 29.8 Å². The molecule has 0 bridgehead atoms. The number of anilines is 1. The fourth-order valence-corrected chi connectivity index (χ4v) is 2.99. The lowest BCUT2D eigenvalue weighted by atomic mass is 9.95. The first-order chi connectivity index (χ1) is 9.75. The molecule has 1 heterocycles. The highest BCUT2D eigenvalue weighted by Crippen LogP contribution is 2.34. The fourth-order valence-electron chi connectivity index (χ4n) is 2.50. The van der Waals surface area contributed by atoms with Crippen LogP contribution in [0.25, 0.3) is 0 Å². The van der Waals surface area contributed by atoms with Crippen LogP contribution in [0.2, 0.25) is 0 Å². The van der Waals surface area contributed by atoms with Crippen molar-refractivity contribution in [1.29, 1.82) is 0 Å². The predicted octanol–water partition coefficient (Wildman–Crippen LogP) is 5.08. The van der Waals surface area contributed by atoms with E-state index < -0.39 is 11.7 Å². The van der Waals surface area contributed by atoms with Crippen molar-refractivity contribution < 1.29 is 17.9 Å². The van der Waals surface area contributed by atoms with Crippen LogP contribution in [0, 0.1) is 5.92 Å². The number of nitrogens with one attached hydrogen (secondary N) is 1. The van der Waals surface area contributed by atoms with Gasteiger partial charge in [-0.25, -0.2) is 0 Å². The summed E-state index contributed by atoms with van der Waals surface area (Å²) in [7, 11) is 0. The lowest BCUT2D eigenvalue weighted by molar-refractivity contribution is -0.137. The van der Waals surface area contributed by atoms with Crippen LogP contribution < -0.4 is 5.32 Å². The molecule has 1 aromatic carbocycles. The van der Waals surface area contributed by atoms with Crippen molar-refractivity contribution >= 4 is 21.6 Å². The monoisotopic (exact) mass is 365 g/mol. The van der Waals surface area contributed by atoms with Crippen LogP contribution in [0.3, 0.4) is 0 Å². The van der Waals surface area contributed by atoms with Crippen LogP contribution in [-0.4, -0.2) is 18.8 Å². The highest BCUT2D eigenvalue weighted by atomic mass is 79.9. The molecule has 1 aliphatic rings.